The Hall–Kier alpha value is -2.37. The lowest BCUT2D eigenvalue weighted by Crippen LogP contribution is -2.55. The van der Waals surface area contributed by atoms with Gasteiger partial charge >= 0.3 is 0 Å². The van der Waals surface area contributed by atoms with Gasteiger partial charge in [0.1, 0.15) is 5.75 Å². The Labute approximate surface area is 155 Å². The number of phenols is 1. The molecule has 26 heavy (non-hydrogen) atoms. The smallest absolute Gasteiger partial charge is 0.251 e. The Kier molecular flexibility index (Phi) is 6.63. The molecule has 1 fully saturated rings. The van der Waals surface area contributed by atoms with Crippen LogP contribution < -0.4 is 10.6 Å². The molecule has 3 rings (SSSR count). The average Bonchev–Trinajstić information content (AvgIpc) is 2.68. The zero-order chi connectivity index (χ0) is 18.2. The minimum absolute atomic E-state index is 0.104. The highest BCUT2D eigenvalue weighted by atomic mass is 16.3. The SMILES string of the molecule is O=C(NCC1CN(CCCc2ccccc2)CCN1)c1ccc(O)cc1. The third-order valence-corrected chi connectivity index (χ3v) is 4.76. The molecule has 0 aromatic heterocycles. The lowest BCUT2D eigenvalue weighted by Gasteiger charge is -2.33. The summed E-state index contributed by atoms with van der Waals surface area (Å²) < 4.78 is 0. The molecule has 1 atom stereocenters. The molecule has 0 bridgehead atoms. The number of carbonyl (C=O) groups is 1. The molecule has 1 saturated heterocycles. The van der Waals surface area contributed by atoms with Crippen LogP contribution in [0, 0.1) is 0 Å². The van der Waals surface area contributed by atoms with Gasteiger partial charge in [-0.2, -0.15) is 0 Å². The minimum Gasteiger partial charge on any atom is -0.508 e. The van der Waals surface area contributed by atoms with Crippen molar-refractivity contribution in [3.05, 3.63) is 65.7 Å². The molecule has 5 nitrogen and oxygen atoms in total. The van der Waals surface area contributed by atoms with Crippen LogP contribution in [-0.4, -0.2) is 54.7 Å². The highest BCUT2D eigenvalue weighted by molar-refractivity contribution is 5.94. The van der Waals surface area contributed by atoms with E-state index in [9.17, 15) is 9.90 Å². The Morgan fingerprint density at radius 2 is 1.92 bits per heavy atom. The van der Waals surface area contributed by atoms with Crippen LogP contribution in [0.2, 0.25) is 0 Å². The summed E-state index contributed by atoms with van der Waals surface area (Å²) in [6.45, 7) is 4.64. The quantitative estimate of drug-likeness (QED) is 0.713. The molecule has 0 saturated carbocycles. The van der Waals surface area contributed by atoms with Crippen LogP contribution in [0.5, 0.6) is 5.75 Å². The van der Waals surface area contributed by atoms with Crippen LogP contribution in [0.25, 0.3) is 0 Å². The summed E-state index contributed by atoms with van der Waals surface area (Å²) in [4.78, 5) is 14.6. The van der Waals surface area contributed by atoms with Gasteiger partial charge in [0.05, 0.1) is 0 Å². The largest absolute Gasteiger partial charge is 0.508 e. The van der Waals surface area contributed by atoms with Crippen molar-refractivity contribution < 1.29 is 9.90 Å². The predicted molar refractivity (Wildman–Crippen MR) is 103 cm³/mol. The van der Waals surface area contributed by atoms with Crippen LogP contribution >= 0.6 is 0 Å². The van der Waals surface area contributed by atoms with Crippen LogP contribution in [0.1, 0.15) is 22.3 Å². The van der Waals surface area contributed by atoms with E-state index in [1.165, 1.54) is 17.7 Å². The van der Waals surface area contributed by atoms with Crippen molar-refractivity contribution in [1.82, 2.24) is 15.5 Å². The monoisotopic (exact) mass is 353 g/mol. The summed E-state index contributed by atoms with van der Waals surface area (Å²) in [5, 5.41) is 15.8. The van der Waals surface area contributed by atoms with Gasteiger partial charge in [0.15, 0.2) is 0 Å². The second kappa shape index (κ2) is 9.36. The van der Waals surface area contributed by atoms with Crippen LogP contribution in [0.15, 0.2) is 54.6 Å². The molecular formula is C21H27N3O2. The van der Waals surface area contributed by atoms with E-state index in [2.05, 4.69) is 45.9 Å². The second-order valence-electron chi connectivity index (χ2n) is 6.80. The van der Waals surface area contributed by atoms with Gasteiger partial charge in [0.2, 0.25) is 0 Å². The van der Waals surface area contributed by atoms with Gasteiger partial charge in [-0.1, -0.05) is 30.3 Å². The van der Waals surface area contributed by atoms with Gasteiger partial charge < -0.3 is 20.6 Å². The molecule has 1 aliphatic rings. The molecule has 138 valence electrons. The van der Waals surface area contributed by atoms with E-state index in [1.807, 2.05) is 0 Å². The van der Waals surface area contributed by atoms with Crippen molar-refractivity contribution in [2.45, 2.75) is 18.9 Å². The van der Waals surface area contributed by atoms with Gasteiger partial charge in [-0.05, 0) is 49.2 Å². The average molecular weight is 353 g/mol. The van der Waals surface area contributed by atoms with Gasteiger partial charge in [0, 0.05) is 37.8 Å². The fourth-order valence-corrected chi connectivity index (χ4v) is 3.32. The molecule has 3 N–H and O–H groups in total. The number of aryl methyl sites for hydroxylation is 1. The lowest BCUT2D eigenvalue weighted by molar-refractivity contribution is 0.0941. The van der Waals surface area contributed by atoms with E-state index < -0.39 is 0 Å². The molecule has 0 aliphatic carbocycles. The van der Waals surface area contributed by atoms with Crippen molar-refractivity contribution >= 4 is 5.91 Å². The van der Waals surface area contributed by atoms with Crippen molar-refractivity contribution in [3.63, 3.8) is 0 Å². The number of hydrogen-bond acceptors (Lipinski definition) is 4. The number of nitrogens with one attached hydrogen (secondary N) is 2. The van der Waals surface area contributed by atoms with Crippen LogP contribution in [-0.2, 0) is 6.42 Å². The van der Waals surface area contributed by atoms with Crippen LogP contribution in [0.4, 0.5) is 0 Å². The number of nitrogens with zero attached hydrogens (tertiary/aromatic N) is 1. The number of phenolic OH excluding ortho intramolecular Hbond substituents is 1. The number of piperazine rings is 1. The summed E-state index contributed by atoms with van der Waals surface area (Å²) in [5.74, 6) is 0.0645. The van der Waals surface area contributed by atoms with E-state index in [1.54, 1.807) is 12.1 Å². The number of aromatic hydroxyl groups is 1. The molecule has 0 radical (unpaired) electrons. The molecule has 5 heteroatoms. The summed E-state index contributed by atoms with van der Waals surface area (Å²) in [6.07, 6.45) is 2.25. The van der Waals surface area contributed by atoms with Crippen molar-refractivity contribution in [3.8, 4) is 5.75 Å². The summed E-state index contributed by atoms with van der Waals surface area (Å²) >= 11 is 0. The predicted octanol–water partition coefficient (Wildman–Crippen LogP) is 2.03. The third kappa shape index (κ3) is 5.58. The maximum atomic E-state index is 12.2. The number of carbonyl (C=O) groups excluding carboxylic acids is 1. The molecule has 1 aliphatic heterocycles. The number of rotatable bonds is 7. The highest BCUT2D eigenvalue weighted by Crippen LogP contribution is 2.10. The molecule has 1 heterocycles. The van der Waals surface area contributed by atoms with E-state index in [0.717, 1.165) is 39.0 Å². The highest BCUT2D eigenvalue weighted by Gasteiger charge is 2.19. The van der Waals surface area contributed by atoms with Crippen molar-refractivity contribution in [2.24, 2.45) is 0 Å². The first-order chi connectivity index (χ1) is 12.7. The second-order valence-corrected chi connectivity index (χ2v) is 6.80. The van der Waals surface area contributed by atoms with Crippen molar-refractivity contribution in [1.29, 1.82) is 0 Å². The number of benzene rings is 2. The number of hydrogen-bond donors (Lipinski definition) is 3. The first-order valence-electron chi connectivity index (χ1n) is 9.27. The Morgan fingerprint density at radius 1 is 1.15 bits per heavy atom. The minimum atomic E-state index is -0.104. The molecule has 0 spiro atoms. The third-order valence-electron chi connectivity index (χ3n) is 4.76. The summed E-state index contributed by atoms with van der Waals surface area (Å²) in [7, 11) is 0. The van der Waals surface area contributed by atoms with Crippen LogP contribution in [0.3, 0.4) is 0 Å². The summed E-state index contributed by atoms with van der Waals surface area (Å²) in [5.41, 5.74) is 1.96. The normalized spacial score (nSPS) is 17.8. The van der Waals surface area contributed by atoms with E-state index in [0.29, 0.717) is 12.1 Å². The van der Waals surface area contributed by atoms with E-state index in [4.69, 9.17) is 0 Å². The molecular weight excluding hydrogens is 326 g/mol. The van der Waals surface area contributed by atoms with E-state index in [-0.39, 0.29) is 17.7 Å². The maximum Gasteiger partial charge on any atom is 0.251 e. The standard InChI is InChI=1S/C21H27N3O2/c25-20-10-8-18(9-11-20)21(26)23-15-19-16-24(14-12-22-19)13-4-7-17-5-2-1-3-6-17/h1-3,5-6,8-11,19,22,25H,4,7,12-16H2,(H,23,26). The van der Waals surface area contributed by atoms with E-state index >= 15 is 0 Å². The van der Waals surface area contributed by atoms with Gasteiger partial charge in [-0.3, -0.25) is 4.79 Å². The summed E-state index contributed by atoms with van der Waals surface area (Å²) in [6, 6.07) is 17.2. The topological polar surface area (TPSA) is 64.6 Å². The fourth-order valence-electron chi connectivity index (χ4n) is 3.32. The molecule has 2 aromatic rings. The Morgan fingerprint density at radius 3 is 2.69 bits per heavy atom. The van der Waals surface area contributed by atoms with Crippen molar-refractivity contribution in [2.75, 3.05) is 32.7 Å². The molecule has 2 aromatic carbocycles. The first-order valence-corrected chi connectivity index (χ1v) is 9.27. The maximum absolute atomic E-state index is 12.2. The Balaban J connectivity index is 1.39. The first kappa shape index (κ1) is 18.4. The van der Waals surface area contributed by atoms with Gasteiger partial charge in [0.25, 0.3) is 5.91 Å². The lowest BCUT2D eigenvalue weighted by atomic mass is 10.1. The van der Waals surface area contributed by atoms with Gasteiger partial charge in [-0.25, -0.2) is 0 Å². The number of amides is 1. The molecule has 1 amide bonds. The molecule has 1 unspecified atom stereocenters. The zero-order valence-corrected chi connectivity index (χ0v) is 15.0. The fraction of sp³-hybridized carbons (Fsp3) is 0.381. The van der Waals surface area contributed by atoms with Gasteiger partial charge in [-0.15, -0.1) is 0 Å². The Bertz CT molecular complexity index is 688. The zero-order valence-electron chi connectivity index (χ0n) is 15.0.